The van der Waals surface area contributed by atoms with Gasteiger partial charge in [0.1, 0.15) is 18.2 Å². The molecule has 0 bridgehead atoms. The lowest BCUT2D eigenvalue weighted by Crippen LogP contribution is -2.22. The molecule has 236 valence electrons. The Morgan fingerprint density at radius 1 is 0.927 bits per heavy atom. The van der Waals surface area contributed by atoms with E-state index in [-0.39, 0.29) is 19.1 Å². The van der Waals surface area contributed by atoms with E-state index >= 15 is 0 Å². The van der Waals surface area contributed by atoms with Crippen LogP contribution in [0.3, 0.4) is 0 Å². The van der Waals surface area contributed by atoms with E-state index in [2.05, 4.69) is 35.0 Å². The number of anilines is 1. The van der Waals surface area contributed by atoms with Gasteiger partial charge in [0.05, 0.1) is 25.6 Å². The first-order chi connectivity index (χ1) is 19.6. The molecule has 2 rings (SSSR count). The van der Waals surface area contributed by atoms with Crippen molar-refractivity contribution in [2.45, 2.75) is 129 Å². The second-order valence-corrected chi connectivity index (χ2v) is 19.4. The Morgan fingerprint density at radius 3 is 2.20 bits per heavy atom. The van der Waals surface area contributed by atoms with Crippen molar-refractivity contribution in [3.8, 4) is 0 Å². The quantitative estimate of drug-likeness (QED) is 0.0667. The highest BCUT2D eigenvalue weighted by molar-refractivity contribution is 7.52. The minimum absolute atomic E-state index is 0.159. The molecule has 2 heterocycles. The number of rotatable bonds is 25. The van der Waals surface area contributed by atoms with Crippen LogP contribution in [0.5, 0.6) is 0 Å². The standard InChI is InChI=1S/C29H56N5O5PSi/c1-5-41(3,4)21-16-14-12-10-8-6-7-9-11-13-15-18-37-19-17-20-39-40(35,36)25-38-26(2)22-34-24-33-27-28(30)31-23-32-29(27)34/h23-24,26H,5-22,25H2,1-4H3,(H,35,36)(H2,30,31,32)/t26-/m1/s1. The predicted octanol–water partition coefficient (Wildman–Crippen LogP) is 7.40. The van der Waals surface area contributed by atoms with Crippen LogP contribution in [-0.2, 0) is 25.1 Å². The van der Waals surface area contributed by atoms with Gasteiger partial charge in [0, 0.05) is 21.3 Å². The molecule has 0 aliphatic rings. The number of hydrogen-bond donors (Lipinski definition) is 2. The van der Waals surface area contributed by atoms with E-state index in [4.69, 9.17) is 19.7 Å². The van der Waals surface area contributed by atoms with Crippen LogP contribution in [0.1, 0.15) is 90.9 Å². The van der Waals surface area contributed by atoms with Gasteiger partial charge >= 0.3 is 7.60 Å². The van der Waals surface area contributed by atoms with Gasteiger partial charge < -0.3 is 29.2 Å². The molecule has 0 saturated heterocycles. The van der Waals surface area contributed by atoms with Gasteiger partial charge in [0.15, 0.2) is 11.5 Å². The fourth-order valence-corrected chi connectivity index (χ4v) is 7.16. The van der Waals surface area contributed by atoms with Crippen LogP contribution in [0, 0.1) is 0 Å². The minimum Gasteiger partial charge on any atom is -0.382 e. The predicted molar refractivity (Wildman–Crippen MR) is 170 cm³/mol. The van der Waals surface area contributed by atoms with Gasteiger partial charge in [-0.05, 0) is 19.8 Å². The fourth-order valence-electron chi connectivity index (χ4n) is 4.67. The number of ether oxygens (including phenoxy) is 2. The van der Waals surface area contributed by atoms with Gasteiger partial charge in [-0.1, -0.05) is 96.3 Å². The van der Waals surface area contributed by atoms with Crippen molar-refractivity contribution in [2.75, 3.05) is 31.9 Å². The zero-order valence-electron chi connectivity index (χ0n) is 26.1. The molecular formula is C29H56N5O5PSi. The molecular weight excluding hydrogens is 557 g/mol. The summed E-state index contributed by atoms with van der Waals surface area (Å²) in [6, 6.07) is 2.92. The third kappa shape index (κ3) is 15.6. The molecule has 1 unspecified atom stereocenters. The van der Waals surface area contributed by atoms with E-state index in [1.54, 1.807) is 10.9 Å². The number of nitrogens with two attached hydrogens (primary N) is 1. The number of aromatic nitrogens is 4. The van der Waals surface area contributed by atoms with Crippen LogP contribution in [0.2, 0.25) is 25.2 Å². The van der Waals surface area contributed by atoms with Gasteiger partial charge in [-0.2, -0.15) is 0 Å². The Morgan fingerprint density at radius 2 is 1.54 bits per heavy atom. The van der Waals surface area contributed by atoms with E-state index in [1.807, 2.05) is 6.92 Å². The Hall–Kier alpha value is -1.36. The first-order valence-corrected chi connectivity index (χ1v) is 20.9. The Kier molecular flexibility index (Phi) is 17.3. The molecule has 0 aliphatic heterocycles. The lowest BCUT2D eigenvalue weighted by atomic mass is 10.1. The van der Waals surface area contributed by atoms with E-state index in [0.29, 0.717) is 36.6 Å². The SMILES string of the molecule is CC[Si](C)(C)CCCCCCCCCCCCCOCCCOP(=O)(O)CO[C@H](C)Cn1cnc2c(N)ncnc21. The Bertz CT molecular complexity index is 1020. The van der Waals surface area contributed by atoms with Crippen molar-refractivity contribution < 1.29 is 23.5 Å². The number of nitrogen functional groups attached to an aromatic ring is 1. The van der Waals surface area contributed by atoms with Gasteiger partial charge in [0.2, 0.25) is 0 Å². The smallest absolute Gasteiger partial charge is 0.353 e. The molecule has 12 heteroatoms. The molecule has 0 spiro atoms. The summed E-state index contributed by atoms with van der Waals surface area (Å²) in [6.07, 6.45) is 17.5. The minimum atomic E-state index is -3.84. The van der Waals surface area contributed by atoms with Gasteiger partial charge in [-0.3, -0.25) is 4.57 Å². The second-order valence-electron chi connectivity index (χ2n) is 12.0. The van der Waals surface area contributed by atoms with Gasteiger partial charge in [0.25, 0.3) is 0 Å². The number of nitrogens with zero attached hydrogens (tertiary/aromatic N) is 4. The summed E-state index contributed by atoms with van der Waals surface area (Å²) in [5.74, 6) is 0.310. The molecule has 0 radical (unpaired) electrons. The van der Waals surface area contributed by atoms with Gasteiger partial charge in [-0.15, -0.1) is 0 Å². The summed E-state index contributed by atoms with van der Waals surface area (Å²) in [6.45, 7) is 11.0. The molecule has 2 aromatic rings. The topological polar surface area (TPSA) is 135 Å². The summed E-state index contributed by atoms with van der Waals surface area (Å²) in [5, 5.41) is 0. The highest BCUT2D eigenvalue weighted by atomic mass is 31.2. The Balaban J connectivity index is 1.37. The van der Waals surface area contributed by atoms with Crippen molar-refractivity contribution >= 4 is 32.7 Å². The number of imidazole rings is 1. The highest BCUT2D eigenvalue weighted by Crippen LogP contribution is 2.42. The molecule has 0 aliphatic carbocycles. The maximum Gasteiger partial charge on any atom is 0.353 e. The van der Waals surface area contributed by atoms with E-state index < -0.39 is 15.7 Å². The van der Waals surface area contributed by atoms with Crippen molar-refractivity contribution in [3.63, 3.8) is 0 Å². The first-order valence-electron chi connectivity index (χ1n) is 15.7. The Labute approximate surface area is 248 Å². The van der Waals surface area contributed by atoms with Crippen LogP contribution < -0.4 is 5.73 Å². The van der Waals surface area contributed by atoms with E-state index in [9.17, 15) is 9.46 Å². The molecule has 0 aromatic carbocycles. The lowest BCUT2D eigenvalue weighted by molar-refractivity contribution is 0.0688. The van der Waals surface area contributed by atoms with Crippen LogP contribution >= 0.6 is 7.60 Å². The molecule has 0 amide bonds. The number of hydrogen-bond acceptors (Lipinski definition) is 8. The third-order valence-electron chi connectivity index (χ3n) is 7.73. The fraction of sp³-hybridized carbons (Fsp3) is 0.828. The monoisotopic (exact) mass is 613 g/mol. The second kappa shape index (κ2) is 19.8. The number of fused-ring (bicyclic) bond motifs is 1. The molecule has 41 heavy (non-hydrogen) atoms. The summed E-state index contributed by atoms with van der Waals surface area (Å²) < 4.78 is 30.5. The zero-order chi connectivity index (χ0) is 30.0. The molecule has 10 nitrogen and oxygen atoms in total. The van der Waals surface area contributed by atoms with Crippen LogP contribution in [0.25, 0.3) is 11.2 Å². The maximum absolute atomic E-state index is 12.3. The summed E-state index contributed by atoms with van der Waals surface area (Å²) in [4.78, 5) is 22.4. The van der Waals surface area contributed by atoms with E-state index in [0.717, 1.165) is 13.0 Å². The van der Waals surface area contributed by atoms with Crippen LogP contribution in [0.15, 0.2) is 12.7 Å². The molecule has 0 saturated carbocycles. The van der Waals surface area contributed by atoms with Crippen LogP contribution in [0.4, 0.5) is 5.82 Å². The largest absolute Gasteiger partial charge is 0.382 e. The highest BCUT2D eigenvalue weighted by Gasteiger charge is 2.22. The van der Waals surface area contributed by atoms with Crippen molar-refractivity contribution in [3.05, 3.63) is 12.7 Å². The maximum atomic E-state index is 12.3. The average molecular weight is 614 g/mol. The summed E-state index contributed by atoms with van der Waals surface area (Å²) in [5.41, 5.74) is 6.92. The zero-order valence-corrected chi connectivity index (χ0v) is 28.0. The van der Waals surface area contributed by atoms with Crippen molar-refractivity contribution in [2.24, 2.45) is 0 Å². The van der Waals surface area contributed by atoms with Crippen LogP contribution in [-0.4, -0.2) is 64.8 Å². The summed E-state index contributed by atoms with van der Waals surface area (Å²) >= 11 is 0. The first kappa shape index (κ1) is 35.8. The average Bonchev–Trinajstić information content (AvgIpc) is 3.35. The third-order valence-corrected chi connectivity index (χ3v) is 12.4. The lowest BCUT2D eigenvalue weighted by Gasteiger charge is -2.19. The summed E-state index contributed by atoms with van der Waals surface area (Å²) in [7, 11) is -4.70. The molecule has 3 N–H and O–H groups in total. The molecule has 2 aromatic heterocycles. The van der Waals surface area contributed by atoms with E-state index in [1.165, 1.54) is 82.6 Å². The normalized spacial score (nSPS) is 14.5. The molecule has 2 atom stereocenters. The number of unbranched alkanes of at least 4 members (excludes halogenated alkanes) is 10. The van der Waals surface area contributed by atoms with Gasteiger partial charge in [-0.25, -0.2) is 15.0 Å². The molecule has 0 fully saturated rings. The van der Waals surface area contributed by atoms with Crippen molar-refractivity contribution in [1.82, 2.24) is 19.5 Å². The van der Waals surface area contributed by atoms with Crippen molar-refractivity contribution in [1.29, 1.82) is 0 Å².